The summed E-state index contributed by atoms with van der Waals surface area (Å²) in [6.45, 7) is 6.27. The third-order valence-electron chi connectivity index (χ3n) is 4.61. The third-order valence-corrected chi connectivity index (χ3v) is 4.87. The molecule has 10 heteroatoms. The zero-order chi connectivity index (χ0) is 21.1. The fraction of sp³-hybridized carbons (Fsp3) is 0.316. The standard InChI is InChI=1S/C19H21ClN6O3/c1-12(9-24-11-17(8-21-24)26(28)29)19(27)22-18-13(2)23-25(14(18)3)10-15-4-6-16(20)7-5-15/h4-8,11-12H,9-10H2,1-3H3,(H,22,27). The van der Waals surface area contributed by atoms with Crippen LogP contribution in [0.4, 0.5) is 11.4 Å². The van der Waals surface area contributed by atoms with E-state index in [9.17, 15) is 14.9 Å². The van der Waals surface area contributed by atoms with Gasteiger partial charge in [-0.1, -0.05) is 30.7 Å². The number of aryl methyl sites for hydroxylation is 1. The molecule has 1 atom stereocenters. The van der Waals surface area contributed by atoms with E-state index in [0.717, 1.165) is 11.3 Å². The van der Waals surface area contributed by atoms with E-state index in [1.54, 1.807) is 6.92 Å². The fourth-order valence-electron chi connectivity index (χ4n) is 2.95. The van der Waals surface area contributed by atoms with Crippen LogP contribution in [0.3, 0.4) is 0 Å². The first-order valence-corrected chi connectivity index (χ1v) is 9.38. The summed E-state index contributed by atoms with van der Waals surface area (Å²) in [5.74, 6) is -0.645. The molecule has 0 spiro atoms. The molecule has 0 saturated heterocycles. The predicted molar refractivity (Wildman–Crippen MR) is 109 cm³/mol. The van der Waals surface area contributed by atoms with Crippen molar-refractivity contribution in [3.63, 3.8) is 0 Å². The minimum atomic E-state index is -0.518. The van der Waals surface area contributed by atoms with Crippen molar-refractivity contribution in [3.8, 4) is 0 Å². The van der Waals surface area contributed by atoms with Crippen molar-refractivity contribution < 1.29 is 9.72 Å². The highest BCUT2D eigenvalue weighted by Crippen LogP contribution is 2.22. The van der Waals surface area contributed by atoms with Gasteiger partial charge in [0, 0.05) is 5.02 Å². The molecule has 2 heterocycles. The summed E-state index contributed by atoms with van der Waals surface area (Å²) in [4.78, 5) is 22.9. The van der Waals surface area contributed by atoms with Gasteiger partial charge in [0.2, 0.25) is 5.91 Å². The summed E-state index contributed by atoms with van der Waals surface area (Å²) in [7, 11) is 0. The summed E-state index contributed by atoms with van der Waals surface area (Å²) in [5, 5.41) is 22.8. The molecule has 3 aromatic rings. The van der Waals surface area contributed by atoms with Crippen molar-refractivity contribution in [2.24, 2.45) is 5.92 Å². The van der Waals surface area contributed by atoms with E-state index in [-0.39, 0.29) is 18.1 Å². The monoisotopic (exact) mass is 416 g/mol. The fourth-order valence-corrected chi connectivity index (χ4v) is 3.08. The minimum Gasteiger partial charge on any atom is -0.323 e. The first-order valence-electron chi connectivity index (χ1n) is 9.00. The number of nitro groups is 1. The van der Waals surface area contributed by atoms with Crippen LogP contribution in [0.25, 0.3) is 0 Å². The lowest BCUT2D eigenvalue weighted by atomic mass is 10.1. The Bertz CT molecular complexity index is 1040. The van der Waals surface area contributed by atoms with Gasteiger partial charge in [-0.15, -0.1) is 0 Å². The lowest BCUT2D eigenvalue weighted by molar-refractivity contribution is -0.385. The molecule has 0 radical (unpaired) electrons. The second-order valence-electron chi connectivity index (χ2n) is 6.90. The Morgan fingerprint density at radius 2 is 2.00 bits per heavy atom. The Balaban J connectivity index is 1.68. The molecular weight excluding hydrogens is 396 g/mol. The Morgan fingerprint density at radius 1 is 1.31 bits per heavy atom. The summed E-state index contributed by atoms with van der Waals surface area (Å²) < 4.78 is 3.22. The highest BCUT2D eigenvalue weighted by molar-refractivity contribution is 6.30. The minimum absolute atomic E-state index is 0.104. The van der Waals surface area contributed by atoms with Crippen LogP contribution in [0.2, 0.25) is 5.02 Å². The molecule has 1 amide bonds. The first-order chi connectivity index (χ1) is 13.7. The van der Waals surface area contributed by atoms with Crippen molar-refractivity contribution in [3.05, 3.63) is 68.7 Å². The number of amides is 1. The number of carbonyl (C=O) groups is 1. The molecule has 1 N–H and O–H groups in total. The Hall–Kier alpha value is -3.20. The molecule has 29 heavy (non-hydrogen) atoms. The van der Waals surface area contributed by atoms with E-state index in [1.807, 2.05) is 42.8 Å². The predicted octanol–water partition coefficient (Wildman–Crippen LogP) is 3.58. The maximum absolute atomic E-state index is 12.6. The van der Waals surface area contributed by atoms with Crippen LogP contribution in [0, 0.1) is 29.9 Å². The summed E-state index contributed by atoms with van der Waals surface area (Å²) in [6, 6.07) is 7.52. The number of halogens is 1. The van der Waals surface area contributed by atoms with Crippen LogP contribution in [0.5, 0.6) is 0 Å². The van der Waals surface area contributed by atoms with Gasteiger partial charge in [0.15, 0.2) is 0 Å². The number of carbonyl (C=O) groups excluding carboxylic acids is 1. The Labute approximate surface area is 172 Å². The summed E-state index contributed by atoms with van der Waals surface area (Å²) >= 11 is 5.93. The second-order valence-corrected chi connectivity index (χ2v) is 7.33. The van der Waals surface area contributed by atoms with Gasteiger partial charge in [-0.3, -0.25) is 24.3 Å². The second kappa shape index (κ2) is 8.44. The van der Waals surface area contributed by atoms with Crippen LogP contribution in [-0.2, 0) is 17.9 Å². The van der Waals surface area contributed by atoms with E-state index in [2.05, 4.69) is 15.5 Å². The van der Waals surface area contributed by atoms with Gasteiger partial charge in [-0.25, -0.2) is 0 Å². The number of rotatable bonds is 7. The van der Waals surface area contributed by atoms with Crippen LogP contribution in [-0.4, -0.2) is 30.4 Å². The maximum Gasteiger partial charge on any atom is 0.306 e. The zero-order valence-electron chi connectivity index (χ0n) is 16.3. The van der Waals surface area contributed by atoms with Crippen molar-refractivity contribution in [2.75, 3.05) is 5.32 Å². The van der Waals surface area contributed by atoms with Crippen molar-refractivity contribution in [1.29, 1.82) is 0 Å². The largest absolute Gasteiger partial charge is 0.323 e. The number of nitrogens with zero attached hydrogens (tertiary/aromatic N) is 5. The van der Waals surface area contributed by atoms with Gasteiger partial charge in [0.1, 0.15) is 12.4 Å². The van der Waals surface area contributed by atoms with Gasteiger partial charge in [-0.2, -0.15) is 10.2 Å². The van der Waals surface area contributed by atoms with Crippen LogP contribution in [0.15, 0.2) is 36.7 Å². The number of nitrogens with one attached hydrogen (secondary N) is 1. The number of aromatic nitrogens is 4. The van der Waals surface area contributed by atoms with E-state index in [0.29, 0.717) is 22.9 Å². The molecular formula is C19H21ClN6O3. The molecule has 152 valence electrons. The van der Waals surface area contributed by atoms with E-state index >= 15 is 0 Å². The van der Waals surface area contributed by atoms with Gasteiger partial charge in [0.05, 0.1) is 41.0 Å². The van der Waals surface area contributed by atoms with E-state index in [4.69, 9.17) is 11.6 Å². The lowest BCUT2D eigenvalue weighted by Gasteiger charge is -2.12. The highest BCUT2D eigenvalue weighted by Gasteiger charge is 2.20. The van der Waals surface area contributed by atoms with Crippen LogP contribution >= 0.6 is 11.6 Å². The van der Waals surface area contributed by atoms with E-state index in [1.165, 1.54) is 17.1 Å². The van der Waals surface area contributed by atoms with Crippen LogP contribution in [0.1, 0.15) is 23.9 Å². The maximum atomic E-state index is 12.6. The SMILES string of the molecule is Cc1nn(Cc2ccc(Cl)cc2)c(C)c1NC(=O)C(C)Cn1cc([N+](=O)[O-])cn1. The van der Waals surface area contributed by atoms with Crippen molar-refractivity contribution >= 4 is 28.9 Å². The average Bonchev–Trinajstić information content (AvgIpc) is 3.24. The molecule has 0 bridgehead atoms. The van der Waals surface area contributed by atoms with E-state index < -0.39 is 10.8 Å². The molecule has 1 unspecified atom stereocenters. The first kappa shape index (κ1) is 20.5. The van der Waals surface area contributed by atoms with Crippen LogP contribution < -0.4 is 5.32 Å². The zero-order valence-corrected chi connectivity index (χ0v) is 17.1. The number of hydrogen-bond donors (Lipinski definition) is 1. The summed E-state index contributed by atoms with van der Waals surface area (Å²) in [5.41, 5.74) is 3.17. The molecule has 0 saturated carbocycles. The molecule has 0 aliphatic carbocycles. The Kier molecular flexibility index (Phi) is 5.97. The quantitative estimate of drug-likeness (QED) is 0.467. The average molecular weight is 417 g/mol. The van der Waals surface area contributed by atoms with Crippen molar-refractivity contribution in [1.82, 2.24) is 19.6 Å². The molecule has 3 rings (SSSR count). The molecule has 1 aromatic carbocycles. The molecule has 9 nitrogen and oxygen atoms in total. The highest BCUT2D eigenvalue weighted by atomic mass is 35.5. The molecule has 0 aliphatic heterocycles. The van der Waals surface area contributed by atoms with Crippen molar-refractivity contribution in [2.45, 2.75) is 33.9 Å². The van der Waals surface area contributed by atoms with Gasteiger partial charge >= 0.3 is 5.69 Å². The Morgan fingerprint density at radius 3 is 2.62 bits per heavy atom. The molecule has 0 fully saturated rings. The number of benzene rings is 1. The number of anilines is 1. The molecule has 2 aromatic heterocycles. The summed E-state index contributed by atoms with van der Waals surface area (Å²) in [6.07, 6.45) is 2.48. The lowest BCUT2D eigenvalue weighted by Crippen LogP contribution is -2.25. The van der Waals surface area contributed by atoms with Gasteiger partial charge in [-0.05, 0) is 31.5 Å². The van der Waals surface area contributed by atoms with Gasteiger partial charge in [0.25, 0.3) is 0 Å². The smallest absolute Gasteiger partial charge is 0.306 e. The number of hydrogen-bond acceptors (Lipinski definition) is 5. The normalized spacial score (nSPS) is 12.0. The third kappa shape index (κ3) is 4.80. The topological polar surface area (TPSA) is 108 Å². The molecule has 0 aliphatic rings. The van der Waals surface area contributed by atoms with Gasteiger partial charge < -0.3 is 5.32 Å².